The molecule has 4 nitrogen and oxygen atoms in total. The average molecular weight is 701 g/mol. The molecule has 0 aliphatic heterocycles. The zero-order chi connectivity index (χ0) is 36.0. The maximum atomic E-state index is 5.59. The average Bonchev–Trinajstić information content (AvgIpc) is 3.93. The fraction of sp³-hybridized carbons (Fsp3) is 0. The molecule has 3 aromatic heterocycles. The Morgan fingerprint density at radius 2 is 0.691 bits per heavy atom. The van der Waals surface area contributed by atoms with Gasteiger partial charge in [0, 0.05) is 54.9 Å². The third kappa shape index (κ3) is 4.31. The first-order chi connectivity index (χ1) is 27.3. The van der Waals surface area contributed by atoms with Crippen LogP contribution in [0.15, 0.2) is 194 Å². The van der Waals surface area contributed by atoms with Gasteiger partial charge in [-0.1, -0.05) is 133 Å². The Kier molecular flexibility index (Phi) is 6.31. The van der Waals surface area contributed by atoms with Crippen molar-refractivity contribution in [3.8, 4) is 28.5 Å². The minimum atomic E-state index is 0.906. The van der Waals surface area contributed by atoms with Crippen molar-refractivity contribution in [2.75, 3.05) is 0 Å². The molecular weight excluding hydrogens is 669 g/mol. The standard InChI is InChI=1S/C51H32N4/c1-3-22-43-37(16-1)38-17-2-4-23-44(38)50-49(43)52-51(33-14-13-15-36(32-33)54-47-26-11-7-20-41(47)42-21-8-12-27-48(42)54)55(50)35-30-28-34(29-31-35)53-45-24-9-5-18-39(45)40-19-6-10-25-46(40)53/h1-32H. The van der Waals surface area contributed by atoms with E-state index >= 15 is 0 Å². The van der Waals surface area contributed by atoms with E-state index in [4.69, 9.17) is 4.98 Å². The summed E-state index contributed by atoms with van der Waals surface area (Å²) in [6.45, 7) is 0. The number of hydrogen-bond acceptors (Lipinski definition) is 1. The number of hydrogen-bond donors (Lipinski definition) is 0. The molecule has 0 aliphatic carbocycles. The van der Waals surface area contributed by atoms with Gasteiger partial charge in [0.15, 0.2) is 0 Å². The summed E-state index contributed by atoms with van der Waals surface area (Å²) < 4.78 is 7.14. The summed E-state index contributed by atoms with van der Waals surface area (Å²) in [4.78, 5) is 5.59. The largest absolute Gasteiger partial charge is 0.309 e. The molecule has 0 N–H and O–H groups in total. The summed E-state index contributed by atoms with van der Waals surface area (Å²) in [5.41, 5.74) is 11.2. The lowest BCUT2D eigenvalue weighted by molar-refractivity contribution is 1.09. The van der Waals surface area contributed by atoms with Crippen LogP contribution in [0.2, 0.25) is 0 Å². The number of para-hydroxylation sites is 4. The van der Waals surface area contributed by atoms with Gasteiger partial charge in [-0.15, -0.1) is 0 Å². The molecule has 12 rings (SSSR count). The fourth-order valence-corrected chi connectivity index (χ4v) is 9.09. The number of imidazole rings is 1. The lowest BCUT2D eigenvalue weighted by Crippen LogP contribution is -2.01. The predicted molar refractivity (Wildman–Crippen MR) is 230 cm³/mol. The zero-order valence-electron chi connectivity index (χ0n) is 29.8. The summed E-state index contributed by atoms with van der Waals surface area (Å²) >= 11 is 0. The van der Waals surface area contributed by atoms with E-state index in [2.05, 4.69) is 208 Å². The highest BCUT2D eigenvalue weighted by Crippen LogP contribution is 2.41. The summed E-state index contributed by atoms with van der Waals surface area (Å²) in [6.07, 6.45) is 0. The highest BCUT2D eigenvalue weighted by atomic mass is 15.1. The van der Waals surface area contributed by atoms with Crippen molar-refractivity contribution in [1.82, 2.24) is 18.7 Å². The molecule has 0 saturated heterocycles. The van der Waals surface area contributed by atoms with Gasteiger partial charge in [-0.2, -0.15) is 0 Å². The number of benzene rings is 9. The minimum Gasteiger partial charge on any atom is -0.309 e. The Morgan fingerprint density at radius 1 is 0.291 bits per heavy atom. The molecular formula is C51H32N4. The van der Waals surface area contributed by atoms with Crippen molar-refractivity contribution < 1.29 is 0 Å². The highest BCUT2D eigenvalue weighted by Gasteiger charge is 2.21. The van der Waals surface area contributed by atoms with Crippen molar-refractivity contribution in [3.63, 3.8) is 0 Å². The smallest absolute Gasteiger partial charge is 0.145 e. The van der Waals surface area contributed by atoms with E-state index in [1.54, 1.807) is 0 Å². The van der Waals surface area contributed by atoms with Crippen LogP contribution < -0.4 is 0 Å². The minimum absolute atomic E-state index is 0.906. The van der Waals surface area contributed by atoms with Gasteiger partial charge in [0.2, 0.25) is 0 Å². The Morgan fingerprint density at radius 3 is 1.22 bits per heavy atom. The van der Waals surface area contributed by atoms with Crippen LogP contribution in [-0.4, -0.2) is 18.7 Å². The molecule has 55 heavy (non-hydrogen) atoms. The van der Waals surface area contributed by atoms with Gasteiger partial charge >= 0.3 is 0 Å². The third-order valence-electron chi connectivity index (χ3n) is 11.4. The topological polar surface area (TPSA) is 27.7 Å². The van der Waals surface area contributed by atoms with Gasteiger partial charge in [0.05, 0.1) is 33.1 Å². The van der Waals surface area contributed by atoms with Crippen LogP contribution in [0.25, 0.3) is 105 Å². The third-order valence-corrected chi connectivity index (χ3v) is 11.4. The van der Waals surface area contributed by atoms with Gasteiger partial charge in [-0.3, -0.25) is 4.57 Å². The van der Waals surface area contributed by atoms with Crippen molar-refractivity contribution >= 4 is 76.2 Å². The maximum absolute atomic E-state index is 5.59. The van der Waals surface area contributed by atoms with Crippen molar-refractivity contribution in [1.29, 1.82) is 0 Å². The van der Waals surface area contributed by atoms with Crippen LogP contribution in [0.4, 0.5) is 0 Å². The monoisotopic (exact) mass is 700 g/mol. The summed E-state index contributed by atoms with van der Waals surface area (Å²) in [5.74, 6) is 0.906. The van der Waals surface area contributed by atoms with Gasteiger partial charge in [-0.25, -0.2) is 4.98 Å². The first kappa shape index (κ1) is 30.1. The van der Waals surface area contributed by atoms with E-state index in [1.807, 2.05) is 0 Å². The van der Waals surface area contributed by atoms with E-state index in [-0.39, 0.29) is 0 Å². The van der Waals surface area contributed by atoms with E-state index in [0.29, 0.717) is 0 Å². The van der Waals surface area contributed by atoms with Crippen LogP contribution in [0.5, 0.6) is 0 Å². The fourth-order valence-electron chi connectivity index (χ4n) is 9.09. The predicted octanol–water partition coefficient (Wildman–Crippen LogP) is 13.2. The Labute approximate surface area is 316 Å². The summed E-state index contributed by atoms with van der Waals surface area (Å²) in [5, 5.41) is 9.77. The molecule has 4 heteroatoms. The molecule has 0 bridgehead atoms. The molecule has 0 unspecified atom stereocenters. The van der Waals surface area contributed by atoms with Gasteiger partial charge in [0.25, 0.3) is 0 Å². The van der Waals surface area contributed by atoms with Gasteiger partial charge in [-0.05, 0) is 71.4 Å². The molecule has 3 heterocycles. The van der Waals surface area contributed by atoms with Crippen LogP contribution in [0.3, 0.4) is 0 Å². The Bertz CT molecular complexity index is 3380. The van der Waals surface area contributed by atoms with Crippen molar-refractivity contribution in [2.24, 2.45) is 0 Å². The van der Waals surface area contributed by atoms with Crippen molar-refractivity contribution in [3.05, 3.63) is 194 Å². The molecule has 256 valence electrons. The van der Waals surface area contributed by atoms with Crippen LogP contribution >= 0.6 is 0 Å². The second-order valence-corrected chi connectivity index (χ2v) is 14.4. The summed E-state index contributed by atoms with van der Waals surface area (Å²) in [7, 11) is 0. The molecule has 9 aromatic carbocycles. The van der Waals surface area contributed by atoms with Gasteiger partial charge < -0.3 is 9.13 Å². The first-order valence-corrected chi connectivity index (χ1v) is 18.8. The molecule has 0 spiro atoms. The van der Waals surface area contributed by atoms with Gasteiger partial charge in [0.1, 0.15) is 5.82 Å². The molecule has 12 aromatic rings. The van der Waals surface area contributed by atoms with E-state index in [1.165, 1.54) is 59.8 Å². The SMILES string of the molecule is c1cc(-c2nc3c4ccccc4c4ccccc4c3n2-c2ccc(-n3c4ccccc4c4ccccc43)cc2)cc(-n2c3ccccc3c3ccccc32)c1. The quantitative estimate of drug-likeness (QED) is 0.168. The molecule has 0 atom stereocenters. The normalized spacial score (nSPS) is 12.0. The number of fused-ring (bicyclic) bond motifs is 12. The lowest BCUT2D eigenvalue weighted by Gasteiger charge is -2.15. The second-order valence-electron chi connectivity index (χ2n) is 14.4. The molecule has 0 saturated carbocycles. The van der Waals surface area contributed by atoms with E-state index < -0.39 is 0 Å². The number of rotatable bonds is 4. The van der Waals surface area contributed by atoms with E-state index in [0.717, 1.165) is 44.9 Å². The van der Waals surface area contributed by atoms with Crippen LogP contribution in [0, 0.1) is 0 Å². The van der Waals surface area contributed by atoms with Crippen LogP contribution in [-0.2, 0) is 0 Å². The Balaban J connectivity index is 1.13. The van der Waals surface area contributed by atoms with Crippen molar-refractivity contribution in [2.45, 2.75) is 0 Å². The molecule has 0 amide bonds. The number of aromatic nitrogens is 4. The molecule has 0 radical (unpaired) electrons. The van der Waals surface area contributed by atoms with Crippen LogP contribution in [0.1, 0.15) is 0 Å². The highest BCUT2D eigenvalue weighted by molar-refractivity contribution is 6.24. The summed E-state index contributed by atoms with van der Waals surface area (Å²) in [6, 6.07) is 70.1. The Hall–Kier alpha value is -7.43. The first-order valence-electron chi connectivity index (χ1n) is 18.8. The number of nitrogens with zero attached hydrogens (tertiary/aromatic N) is 4. The van der Waals surface area contributed by atoms with E-state index in [9.17, 15) is 0 Å². The molecule has 0 aliphatic rings. The molecule has 0 fully saturated rings. The zero-order valence-corrected chi connectivity index (χ0v) is 29.8. The maximum Gasteiger partial charge on any atom is 0.145 e. The lowest BCUT2D eigenvalue weighted by atomic mass is 10.00. The second kappa shape index (κ2) is 11.5.